The Morgan fingerprint density at radius 2 is 2.37 bits per heavy atom. The van der Waals surface area contributed by atoms with Gasteiger partial charge in [0.2, 0.25) is 5.91 Å². The summed E-state index contributed by atoms with van der Waals surface area (Å²) >= 11 is 3.41. The number of hydrogen-bond donors (Lipinski definition) is 1. The molecule has 1 aromatic rings. The predicted molar refractivity (Wildman–Crippen MR) is 74.9 cm³/mol. The molecular weight excluding hydrogens is 312 g/mol. The number of methoxy groups -OCH3 is 1. The molecule has 1 aromatic carbocycles. The Morgan fingerprint density at radius 3 is 3.05 bits per heavy atom. The highest BCUT2D eigenvalue weighted by Crippen LogP contribution is 2.24. The molecule has 0 radical (unpaired) electrons. The van der Waals surface area contributed by atoms with Crippen molar-refractivity contribution in [1.82, 2.24) is 5.32 Å². The molecule has 1 heterocycles. The number of ether oxygens (including phenoxy) is 1. The van der Waals surface area contributed by atoms with Gasteiger partial charge in [-0.1, -0.05) is 22.0 Å². The van der Waals surface area contributed by atoms with Crippen LogP contribution >= 0.6 is 15.9 Å². The molecule has 1 fully saturated rings. The third-order valence-electron chi connectivity index (χ3n) is 3.06. The fraction of sp³-hybridized carbons (Fsp3) is 0.385. The van der Waals surface area contributed by atoms with Gasteiger partial charge >= 0.3 is 5.97 Å². The van der Waals surface area contributed by atoms with Gasteiger partial charge in [-0.05, 0) is 18.2 Å². The summed E-state index contributed by atoms with van der Waals surface area (Å²) in [4.78, 5) is 25.3. The van der Waals surface area contributed by atoms with E-state index in [9.17, 15) is 9.59 Å². The number of carbonyl (C=O) groups excluding carboxylic acids is 2. The Kier molecular flexibility index (Phi) is 4.42. The standard InChI is InChI=1S/C13H15BrN2O3/c1-19-12(17)8-11-13(18)15-5-6-16(11)10-4-2-3-9(14)7-10/h2-4,7,11H,5-6,8H2,1H3,(H,15,18). The van der Waals surface area contributed by atoms with Gasteiger partial charge in [0, 0.05) is 23.2 Å². The molecule has 0 saturated carbocycles. The Morgan fingerprint density at radius 1 is 1.58 bits per heavy atom. The Labute approximate surface area is 120 Å². The van der Waals surface area contributed by atoms with E-state index in [0.29, 0.717) is 13.1 Å². The van der Waals surface area contributed by atoms with Gasteiger partial charge in [-0.15, -0.1) is 0 Å². The molecule has 5 nitrogen and oxygen atoms in total. The maximum Gasteiger partial charge on any atom is 0.308 e. The SMILES string of the molecule is COC(=O)CC1C(=O)NCCN1c1cccc(Br)c1. The number of anilines is 1. The number of piperazine rings is 1. The zero-order valence-electron chi connectivity index (χ0n) is 10.6. The van der Waals surface area contributed by atoms with Gasteiger partial charge in [-0.3, -0.25) is 9.59 Å². The molecule has 19 heavy (non-hydrogen) atoms. The third kappa shape index (κ3) is 3.26. The summed E-state index contributed by atoms with van der Waals surface area (Å²) in [5, 5.41) is 2.78. The number of hydrogen-bond acceptors (Lipinski definition) is 4. The second-order valence-electron chi connectivity index (χ2n) is 4.26. The molecule has 2 rings (SSSR count). The van der Waals surface area contributed by atoms with Crippen molar-refractivity contribution in [2.45, 2.75) is 12.5 Å². The van der Waals surface area contributed by atoms with Gasteiger partial charge in [0.15, 0.2) is 0 Å². The lowest BCUT2D eigenvalue weighted by Crippen LogP contribution is -2.56. The van der Waals surface area contributed by atoms with Crippen LogP contribution in [0.25, 0.3) is 0 Å². The van der Waals surface area contributed by atoms with Crippen LogP contribution in [0.5, 0.6) is 0 Å². The van der Waals surface area contributed by atoms with E-state index >= 15 is 0 Å². The minimum atomic E-state index is -0.518. The number of nitrogens with one attached hydrogen (secondary N) is 1. The average molecular weight is 327 g/mol. The predicted octanol–water partition coefficient (Wildman–Crippen LogP) is 1.32. The molecule has 0 aromatic heterocycles. The highest BCUT2D eigenvalue weighted by molar-refractivity contribution is 9.10. The maximum absolute atomic E-state index is 11.9. The Hall–Kier alpha value is -1.56. The van der Waals surface area contributed by atoms with Crippen molar-refractivity contribution in [2.24, 2.45) is 0 Å². The van der Waals surface area contributed by atoms with Crippen LogP contribution in [0.2, 0.25) is 0 Å². The first-order valence-electron chi connectivity index (χ1n) is 5.98. The fourth-order valence-corrected chi connectivity index (χ4v) is 2.51. The summed E-state index contributed by atoms with van der Waals surface area (Å²) < 4.78 is 5.59. The number of esters is 1. The second kappa shape index (κ2) is 6.06. The summed E-state index contributed by atoms with van der Waals surface area (Å²) in [6.45, 7) is 1.24. The number of amides is 1. The van der Waals surface area contributed by atoms with E-state index in [1.54, 1.807) is 0 Å². The minimum absolute atomic E-state index is 0.0504. The third-order valence-corrected chi connectivity index (χ3v) is 3.55. The summed E-state index contributed by atoms with van der Waals surface area (Å²) in [6, 6.07) is 7.16. The highest BCUT2D eigenvalue weighted by Gasteiger charge is 2.32. The number of carbonyl (C=O) groups is 2. The van der Waals surface area contributed by atoms with E-state index in [4.69, 9.17) is 0 Å². The number of nitrogens with zero attached hydrogens (tertiary/aromatic N) is 1. The fourth-order valence-electron chi connectivity index (χ4n) is 2.12. The lowest BCUT2D eigenvalue weighted by Gasteiger charge is -2.36. The average Bonchev–Trinajstić information content (AvgIpc) is 2.40. The summed E-state index contributed by atoms with van der Waals surface area (Å²) in [6.07, 6.45) is 0.0504. The van der Waals surface area contributed by atoms with Gasteiger partial charge in [0.1, 0.15) is 6.04 Å². The van der Waals surface area contributed by atoms with Gasteiger partial charge in [0.25, 0.3) is 0 Å². The van der Waals surface area contributed by atoms with E-state index in [-0.39, 0.29) is 18.3 Å². The van der Waals surface area contributed by atoms with Crippen LogP contribution in [-0.2, 0) is 14.3 Å². The van der Waals surface area contributed by atoms with Crippen LogP contribution in [0.4, 0.5) is 5.69 Å². The van der Waals surface area contributed by atoms with E-state index in [2.05, 4.69) is 26.0 Å². The zero-order valence-corrected chi connectivity index (χ0v) is 12.1. The largest absolute Gasteiger partial charge is 0.469 e. The molecule has 1 amide bonds. The van der Waals surface area contributed by atoms with Crippen molar-refractivity contribution < 1.29 is 14.3 Å². The van der Waals surface area contributed by atoms with E-state index in [0.717, 1.165) is 10.2 Å². The second-order valence-corrected chi connectivity index (χ2v) is 5.18. The Bertz CT molecular complexity index is 493. The smallest absolute Gasteiger partial charge is 0.308 e. The summed E-state index contributed by atoms with van der Waals surface area (Å²) in [5.41, 5.74) is 0.915. The topological polar surface area (TPSA) is 58.6 Å². The van der Waals surface area contributed by atoms with Gasteiger partial charge < -0.3 is 15.0 Å². The monoisotopic (exact) mass is 326 g/mol. The highest BCUT2D eigenvalue weighted by atomic mass is 79.9. The van der Waals surface area contributed by atoms with Crippen LogP contribution in [0.15, 0.2) is 28.7 Å². The van der Waals surface area contributed by atoms with Crippen LogP contribution in [0.1, 0.15) is 6.42 Å². The normalized spacial score (nSPS) is 18.9. The molecule has 1 saturated heterocycles. The van der Waals surface area contributed by atoms with Crippen LogP contribution in [-0.4, -0.2) is 38.1 Å². The Balaban J connectivity index is 2.24. The molecule has 0 spiro atoms. The quantitative estimate of drug-likeness (QED) is 0.851. The van der Waals surface area contributed by atoms with E-state index < -0.39 is 6.04 Å². The number of benzene rings is 1. The molecular formula is C13H15BrN2O3. The van der Waals surface area contributed by atoms with Crippen LogP contribution in [0.3, 0.4) is 0 Å². The molecule has 1 N–H and O–H groups in total. The van der Waals surface area contributed by atoms with E-state index in [1.807, 2.05) is 29.2 Å². The molecule has 1 aliphatic rings. The lowest BCUT2D eigenvalue weighted by atomic mass is 10.1. The van der Waals surface area contributed by atoms with Crippen molar-refractivity contribution in [1.29, 1.82) is 0 Å². The molecule has 6 heteroatoms. The van der Waals surface area contributed by atoms with E-state index in [1.165, 1.54) is 7.11 Å². The van der Waals surface area contributed by atoms with Crippen molar-refractivity contribution in [3.05, 3.63) is 28.7 Å². The van der Waals surface area contributed by atoms with Crippen molar-refractivity contribution >= 4 is 33.5 Å². The van der Waals surface area contributed by atoms with Crippen molar-refractivity contribution in [2.75, 3.05) is 25.1 Å². The van der Waals surface area contributed by atoms with Gasteiger partial charge in [-0.2, -0.15) is 0 Å². The molecule has 0 bridgehead atoms. The molecule has 102 valence electrons. The molecule has 0 aliphatic carbocycles. The van der Waals surface area contributed by atoms with Crippen LogP contribution in [0, 0.1) is 0 Å². The minimum Gasteiger partial charge on any atom is -0.469 e. The van der Waals surface area contributed by atoms with Crippen LogP contribution < -0.4 is 10.2 Å². The first kappa shape index (κ1) is 13.9. The van der Waals surface area contributed by atoms with Crippen molar-refractivity contribution in [3.8, 4) is 0 Å². The molecule has 1 aliphatic heterocycles. The van der Waals surface area contributed by atoms with Crippen molar-refractivity contribution in [3.63, 3.8) is 0 Å². The molecule has 1 unspecified atom stereocenters. The molecule has 1 atom stereocenters. The maximum atomic E-state index is 11.9. The number of halogens is 1. The van der Waals surface area contributed by atoms with Gasteiger partial charge in [-0.25, -0.2) is 0 Å². The first-order chi connectivity index (χ1) is 9.11. The summed E-state index contributed by atoms with van der Waals surface area (Å²) in [5.74, 6) is -0.529. The first-order valence-corrected chi connectivity index (χ1v) is 6.78. The number of rotatable bonds is 3. The van der Waals surface area contributed by atoms with Gasteiger partial charge in [0.05, 0.1) is 13.5 Å². The zero-order chi connectivity index (χ0) is 13.8. The lowest BCUT2D eigenvalue weighted by molar-refractivity contribution is -0.143. The summed E-state index contributed by atoms with van der Waals surface area (Å²) in [7, 11) is 1.33.